The number of nitrogens with zero attached hydrogens (tertiary/aromatic N) is 3. The number of methoxy groups -OCH3 is 1. The molecule has 0 aliphatic carbocycles. The van der Waals surface area contributed by atoms with E-state index in [-0.39, 0.29) is 29.3 Å². The molecule has 23 heavy (non-hydrogen) atoms. The third-order valence-electron chi connectivity index (χ3n) is 4.78. The lowest BCUT2D eigenvalue weighted by Crippen LogP contribution is -2.49. The van der Waals surface area contributed by atoms with E-state index >= 15 is 0 Å². The Bertz CT molecular complexity index is 637. The average Bonchev–Trinajstić information content (AvgIpc) is 2.95. The molecule has 2 aliphatic rings. The quantitative estimate of drug-likeness (QED) is 0.797. The molecule has 0 bridgehead atoms. The number of nitriles is 1. The van der Waals surface area contributed by atoms with E-state index in [4.69, 9.17) is 10.00 Å². The maximum absolute atomic E-state index is 14.2. The molecule has 0 radical (unpaired) electrons. The smallest absolute Gasteiger partial charge is 0.222 e. The van der Waals surface area contributed by atoms with Crippen molar-refractivity contribution < 1.29 is 13.9 Å². The zero-order chi connectivity index (χ0) is 16.4. The number of ether oxygens (including phenoxy) is 1. The first-order valence-corrected chi connectivity index (χ1v) is 7.87. The van der Waals surface area contributed by atoms with Crippen molar-refractivity contribution in [3.8, 4) is 11.9 Å². The minimum Gasteiger partial charge on any atom is -0.494 e. The molecule has 1 aromatic rings. The molecule has 6 heteroatoms. The highest BCUT2D eigenvalue weighted by Crippen LogP contribution is 2.33. The van der Waals surface area contributed by atoms with Gasteiger partial charge in [-0.2, -0.15) is 5.26 Å². The number of halogens is 1. The van der Waals surface area contributed by atoms with Crippen LogP contribution < -0.4 is 4.74 Å². The Kier molecular flexibility index (Phi) is 4.37. The Morgan fingerprint density at radius 2 is 2.22 bits per heavy atom. The van der Waals surface area contributed by atoms with Crippen LogP contribution in [0.4, 0.5) is 4.39 Å². The van der Waals surface area contributed by atoms with Crippen LogP contribution in [0.1, 0.15) is 24.3 Å². The molecular weight excluding hydrogens is 297 g/mol. The van der Waals surface area contributed by atoms with Gasteiger partial charge in [-0.3, -0.25) is 4.79 Å². The third kappa shape index (κ3) is 3.09. The van der Waals surface area contributed by atoms with Gasteiger partial charge in [0.05, 0.1) is 7.11 Å². The van der Waals surface area contributed by atoms with Crippen molar-refractivity contribution in [3.05, 3.63) is 29.6 Å². The van der Waals surface area contributed by atoms with Gasteiger partial charge in [-0.15, -0.1) is 0 Å². The van der Waals surface area contributed by atoms with Crippen LogP contribution in [0, 0.1) is 23.2 Å². The molecule has 0 N–H and O–H groups in total. The van der Waals surface area contributed by atoms with Gasteiger partial charge in [-0.25, -0.2) is 4.39 Å². The Morgan fingerprint density at radius 3 is 2.87 bits per heavy atom. The highest BCUT2D eigenvalue weighted by Gasteiger charge is 2.35. The van der Waals surface area contributed by atoms with Crippen molar-refractivity contribution in [2.45, 2.75) is 18.8 Å². The van der Waals surface area contributed by atoms with Crippen molar-refractivity contribution in [1.29, 1.82) is 5.26 Å². The highest BCUT2D eigenvalue weighted by molar-refractivity contribution is 5.77. The molecule has 0 spiro atoms. The molecule has 5 nitrogen and oxygen atoms in total. The summed E-state index contributed by atoms with van der Waals surface area (Å²) in [6.07, 6.45) is 3.49. The lowest BCUT2D eigenvalue weighted by Gasteiger charge is -2.40. The normalized spacial score (nSPS) is 21.0. The number of carbonyl (C=O) groups is 1. The molecule has 0 unspecified atom stereocenters. The van der Waals surface area contributed by atoms with E-state index in [0.29, 0.717) is 31.6 Å². The molecule has 1 aromatic carbocycles. The van der Waals surface area contributed by atoms with E-state index in [9.17, 15) is 9.18 Å². The molecule has 2 fully saturated rings. The molecule has 2 heterocycles. The second-order valence-electron chi connectivity index (χ2n) is 6.26. The van der Waals surface area contributed by atoms with Gasteiger partial charge in [0.1, 0.15) is 0 Å². The van der Waals surface area contributed by atoms with Crippen LogP contribution in [0.25, 0.3) is 0 Å². The first-order chi connectivity index (χ1) is 11.1. The molecule has 2 aliphatic heterocycles. The molecule has 1 amide bonds. The van der Waals surface area contributed by atoms with E-state index in [2.05, 4.69) is 6.19 Å². The van der Waals surface area contributed by atoms with Crippen molar-refractivity contribution in [1.82, 2.24) is 9.80 Å². The van der Waals surface area contributed by atoms with Crippen LogP contribution in [0.2, 0.25) is 0 Å². The minimum absolute atomic E-state index is 0.0354. The zero-order valence-corrected chi connectivity index (χ0v) is 13.2. The second kappa shape index (κ2) is 6.45. The van der Waals surface area contributed by atoms with Crippen LogP contribution in [0.5, 0.6) is 5.75 Å². The average molecular weight is 317 g/mol. The Balaban J connectivity index is 1.53. The monoisotopic (exact) mass is 317 g/mol. The van der Waals surface area contributed by atoms with Gasteiger partial charge in [0, 0.05) is 38.5 Å². The summed E-state index contributed by atoms with van der Waals surface area (Å²) in [6, 6.07) is 5.13. The van der Waals surface area contributed by atoms with Gasteiger partial charge in [0.25, 0.3) is 0 Å². The fourth-order valence-electron chi connectivity index (χ4n) is 3.35. The Hall–Kier alpha value is -2.29. The fourth-order valence-corrected chi connectivity index (χ4v) is 3.35. The summed E-state index contributed by atoms with van der Waals surface area (Å²) < 4.78 is 19.2. The van der Waals surface area contributed by atoms with Crippen molar-refractivity contribution in [2.75, 3.05) is 33.3 Å². The summed E-state index contributed by atoms with van der Waals surface area (Å²) in [5.41, 5.74) is 0.616. The van der Waals surface area contributed by atoms with Gasteiger partial charge in [0.2, 0.25) is 5.91 Å². The van der Waals surface area contributed by atoms with E-state index in [1.165, 1.54) is 7.11 Å². The van der Waals surface area contributed by atoms with E-state index in [0.717, 1.165) is 13.0 Å². The van der Waals surface area contributed by atoms with Gasteiger partial charge in [-0.1, -0.05) is 12.1 Å². The van der Waals surface area contributed by atoms with E-state index < -0.39 is 0 Å². The summed E-state index contributed by atoms with van der Waals surface area (Å²) >= 11 is 0. The lowest BCUT2D eigenvalue weighted by atomic mass is 9.90. The second-order valence-corrected chi connectivity index (χ2v) is 6.26. The first kappa shape index (κ1) is 15.6. The van der Waals surface area contributed by atoms with Gasteiger partial charge >= 0.3 is 0 Å². The number of rotatable bonds is 4. The van der Waals surface area contributed by atoms with Crippen molar-refractivity contribution in [3.63, 3.8) is 0 Å². The third-order valence-corrected chi connectivity index (χ3v) is 4.78. The van der Waals surface area contributed by atoms with Crippen LogP contribution in [0.15, 0.2) is 18.2 Å². The summed E-state index contributed by atoms with van der Waals surface area (Å²) in [4.78, 5) is 15.7. The molecule has 122 valence electrons. The number of hydrogen-bond donors (Lipinski definition) is 0. The molecule has 1 atom stereocenters. The Morgan fingerprint density at radius 1 is 1.43 bits per heavy atom. The predicted molar refractivity (Wildman–Crippen MR) is 82.2 cm³/mol. The first-order valence-electron chi connectivity index (χ1n) is 7.87. The summed E-state index contributed by atoms with van der Waals surface area (Å²) in [6.45, 7) is 2.52. The molecule has 0 aromatic heterocycles. The lowest BCUT2D eigenvalue weighted by molar-refractivity contribution is -0.136. The fraction of sp³-hybridized carbons (Fsp3) is 0.529. The molecular formula is C17H20FN3O2. The molecule has 3 rings (SSSR count). The summed E-state index contributed by atoms with van der Waals surface area (Å²) in [5.74, 6) is 0.319. The SMILES string of the molecule is COc1cccc(C2CN(C(=O)C[C@H]3CCN(C#N)C3)C2)c1F. The number of hydrogen-bond acceptors (Lipinski definition) is 4. The standard InChI is InChI=1S/C17H20FN3O2/c1-23-15-4-2-3-14(17(15)18)13-9-21(10-13)16(22)7-12-5-6-20(8-12)11-19/h2-4,12-13H,5-10H2,1H3/t12-/m1/s1. The summed E-state index contributed by atoms with van der Waals surface area (Å²) in [5, 5.41) is 8.85. The molecule has 0 saturated carbocycles. The molecule has 2 saturated heterocycles. The van der Waals surface area contributed by atoms with Crippen molar-refractivity contribution in [2.24, 2.45) is 5.92 Å². The number of carbonyl (C=O) groups excluding carboxylic acids is 1. The Labute approximate surface area is 135 Å². The number of amides is 1. The van der Waals surface area contributed by atoms with Gasteiger partial charge in [-0.05, 0) is 24.0 Å². The predicted octanol–water partition coefficient (Wildman–Crippen LogP) is 1.95. The summed E-state index contributed by atoms with van der Waals surface area (Å²) in [7, 11) is 1.45. The largest absolute Gasteiger partial charge is 0.494 e. The number of likely N-dealkylation sites (tertiary alicyclic amines) is 2. The van der Waals surface area contributed by atoms with E-state index in [1.54, 1.807) is 28.0 Å². The minimum atomic E-state index is -0.326. The van der Waals surface area contributed by atoms with Crippen LogP contribution in [-0.2, 0) is 4.79 Å². The van der Waals surface area contributed by atoms with Gasteiger partial charge < -0.3 is 14.5 Å². The van der Waals surface area contributed by atoms with E-state index in [1.807, 2.05) is 0 Å². The maximum Gasteiger partial charge on any atom is 0.222 e. The van der Waals surface area contributed by atoms with Crippen LogP contribution >= 0.6 is 0 Å². The van der Waals surface area contributed by atoms with Gasteiger partial charge in [0.15, 0.2) is 17.8 Å². The number of benzene rings is 1. The topological polar surface area (TPSA) is 56.6 Å². The maximum atomic E-state index is 14.2. The van der Waals surface area contributed by atoms with Crippen LogP contribution in [0.3, 0.4) is 0 Å². The highest BCUT2D eigenvalue weighted by atomic mass is 19.1. The zero-order valence-electron chi connectivity index (χ0n) is 13.2. The van der Waals surface area contributed by atoms with Crippen molar-refractivity contribution >= 4 is 5.91 Å². The van der Waals surface area contributed by atoms with Crippen LogP contribution in [-0.4, -0.2) is 49.0 Å².